The van der Waals surface area contributed by atoms with Gasteiger partial charge in [-0.3, -0.25) is 0 Å². The van der Waals surface area contributed by atoms with Crippen LogP contribution >= 0.6 is 0 Å². The van der Waals surface area contributed by atoms with E-state index in [9.17, 15) is 0 Å². The molecule has 2 aliphatic rings. The fraction of sp³-hybridized carbons (Fsp3) is 0.200. The SMILES string of the molecule is C(=Cc1ccc(Nc2nc(Nc3ccccc3)nc(N3CCOCC3)n2)cc1)c1ccc(Nc2nc(Nc3ccccc3)nc(N3CCOCC3)n2)cc1.[NaH].[NaH]. The second kappa shape index (κ2) is 20.5. The first-order valence-electron chi connectivity index (χ1n) is 17.9. The molecule has 276 valence electrons. The maximum atomic E-state index is 5.53. The van der Waals surface area contributed by atoms with E-state index in [0.29, 0.717) is 62.1 Å². The Morgan fingerprint density at radius 1 is 0.393 bits per heavy atom. The molecule has 2 saturated heterocycles. The monoisotopic (exact) mass is 768 g/mol. The Bertz CT molecular complexity index is 2000. The molecule has 0 aliphatic carbocycles. The number of nitrogens with one attached hydrogen (secondary N) is 4. The minimum atomic E-state index is 0. The van der Waals surface area contributed by atoms with Gasteiger partial charge in [0, 0.05) is 48.9 Å². The van der Waals surface area contributed by atoms with Crippen molar-refractivity contribution in [2.75, 3.05) is 83.7 Å². The van der Waals surface area contributed by atoms with E-state index in [0.717, 1.165) is 60.1 Å². The number of anilines is 10. The van der Waals surface area contributed by atoms with E-state index in [4.69, 9.17) is 29.4 Å². The zero-order valence-corrected chi connectivity index (χ0v) is 29.6. The molecule has 0 atom stereocenters. The van der Waals surface area contributed by atoms with Crippen LogP contribution < -0.4 is 31.1 Å². The molecule has 0 radical (unpaired) electrons. The third-order valence-corrected chi connectivity index (χ3v) is 8.70. The van der Waals surface area contributed by atoms with Crippen LogP contribution in [0, 0.1) is 0 Å². The van der Waals surface area contributed by atoms with Crippen LogP contribution in [0.1, 0.15) is 11.1 Å². The van der Waals surface area contributed by atoms with Crippen molar-refractivity contribution in [1.82, 2.24) is 29.9 Å². The van der Waals surface area contributed by atoms with E-state index in [-0.39, 0.29) is 59.1 Å². The van der Waals surface area contributed by atoms with Gasteiger partial charge in [0.05, 0.1) is 26.4 Å². The number of benzene rings is 4. The quantitative estimate of drug-likeness (QED) is 0.0907. The molecule has 4 N–H and O–H groups in total. The van der Waals surface area contributed by atoms with Gasteiger partial charge in [-0.25, -0.2) is 0 Å². The summed E-state index contributed by atoms with van der Waals surface area (Å²) in [6.45, 7) is 5.42. The first-order chi connectivity index (χ1) is 26.7. The molecule has 0 bridgehead atoms. The number of ether oxygens (including phenoxy) is 2. The van der Waals surface area contributed by atoms with Crippen molar-refractivity contribution in [2.45, 2.75) is 0 Å². The van der Waals surface area contributed by atoms with Crippen LogP contribution in [-0.4, -0.2) is 142 Å². The molecule has 4 aromatic carbocycles. The van der Waals surface area contributed by atoms with Crippen molar-refractivity contribution in [3.8, 4) is 0 Å². The summed E-state index contributed by atoms with van der Waals surface area (Å²) >= 11 is 0. The Balaban J connectivity index is 0.00000266. The molecule has 0 saturated carbocycles. The van der Waals surface area contributed by atoms with Crippen LogP contribution in [-0.2, 0) is 9.47 Å². The second-order valence-electron chi connectivity index (χ2n) is 12.6. The van der Waals surface area contributed by atoms with Crippen molar-refractivity contribution in [1.29, 1.82) is 0 Å². The zero-order chi connectivity index (χ0) is 36.4. The van der Waals surface area contributed by atoms with Gasteiger partial charge >= 0.3 is 59.1 Å². The molecular weight excluding hydrogens is 727 g/mol. The molecule has 16 heteroatoms. The van der Waals surface area contributed by atoms with Crippen molar-refractivity contribution in [2.24, 2.45) is 0 Å². The van der Waals surface area contributed by atoms with Gasteiger partial charge < -0.3 is 40.5 Å². The number of para-hydroxylation sites is 2. The average molecular weight is 769 g/mol. The molecule has 8 rings (SSSR count). The summed E-state index contributed by atoms with van der Waals surface area (Å²) in [5.74, 6) is 3.06. The summed E-state index contributed by atoms with van der Waals surface area (Å²) in [6, 6.07) is 36.0. The van der Waals surface area contributed by atoms with Gasteiger partial charge in [0.1, 0.15) is 0 Å². The fourth-order valence-electron chi connectivity index (χ4n) is 5.87. The van der Waals surface area contributed by atoms with Crippen LogP contribution in [0.25, 0.3) is 12.2 Å². The number of hydrogen-bond donors (Lipinski definition) is 4. The molecule has 4 heterocycles. The first kappa shape index (κ1) is 41.0. The number of nitrogens with zero attached hydrogens (tertiary/aromatic N) is 8. The van der Waals surface area contributed by atoms with Gasteiger partial charge in [0.25, 0.3) is 0 Å². The van der Waals surface area contributed by atoms with Gasteiger partial charge in [-0.05, 0) is 59.7 Å². The van der Waals surface area contributed by atoms with Gasteiger partial charge in [0.15, 0.2) is 0 Å². The van der Waals surface area contributed by atoms with E-state index in [2.05, 4.69) is 77.5 Å². The molecule has 0 amide bonds. The molecule has 0 spiro atoms. The van der Waals surface area contributed by atoms with E-state index < -0.39 is 0 Å². The van der Waals surface area contributed by atoms with Crippen molar-refractivity contribution < 1.29 is 9.47 Å². The third kappa shape index (κ3) is 11.5. The Kier molecular flexibility index (Phi) is 15.0. The van der Waals surface area contributed by atoms with Crippen LogP contribution in [0.3, 0.4) is 0 Å². The maximum absolute atomic E-state index is 5.53. The molecule has 56 heavy (non-hydrogen) atoms. The number of rotatable bonds is 12. The van der Waals surface area contributed by atoms with E-state index in [1.165, 1.54) is 0 Å². The molecule has 6 aromatic rings. The van der Waals surface area contributed by atoms with Crippen molar-refractivity contribution in [3.05, 3.63) is 120 Å². The Hall–Kier alpha value is -4.64. The van der Waals surface area contributed by atoms with Crippen LogP contribution in [0.4, 0.5) is 58.4 Å². The Morgan fingerprint density at radius 2 is 0.696 bits per heavy atom. The van der Waals surface area contributed by atoms with E-state index >= 15 is 0 Å². The summed E-state index contributed by atoms with van der Waals surface area (Å²) in [6.07, 6.45) is 4.16. The molecule has 0 unspecified atom stereocenters. The predicted octanol–water partition coefficient (Wildman–Crippen LogP) is 5.58. The normalized spacial score (nSPS) is 14.0. The minimum absolute atomic E-state index is 0. The fourth-order valence-corrected chi connectivity index (χ4v) is 5.87. The second-order valence-corrected chi connectivity index (χ2v) is 12.6. The summed E-state index contributed by atoms with van der Waals surface area (Å²) in [5, 5.41) is 13.3. The van der Waals surface area contributed by atoms with Gasteiger partial charge in [-0.2, -0.15) is 29.9 Å². The standard InChI is InChI=1S/C40H40N12O2.2Na.2H/c1-3-7-31(8-4-1)41-35-45-37(49-39(47-35)51-21-25-53-26-22-51)43-33-17-13-29(14-18-33)11-12-30-15-19-34(20-16-30)44-38-46-36(42-32-9-5-2-6-10-32)48-40(50-38)52-23-27-54-28-24-52;;;;/h1-20H,21-28H2,(H2,41,43,45,47,49)(H2,42,44,46,48,50);;;;. The third-order valence-electron chi connectivity index (χ3n) is 8.70. The number of morpholine rings is 2. The first-order valence-corrected chi connectivity index (χ1v) is 17.9. The summed E-state index contributed by atoms with van der Waals surface area (Å²) < 4.78 is 11.1. The Morgan fingerprint density at radius 3 is 1.02 bits per heavy atom. The summed E-state index contributed by atoms with van der Waals surface area (Å²) in [7, 11) is 0. The topological polar surface area (TPSA) is 150 Å². The van der Waals surface area contributed by atoms with Crippen LogP contribution in [0.15, 0.2) is 109 Å². The van der Waals surface area contributed by atoms with Gasteiger partial charge in [0.2, 0.25) is 35.7 Å². The number of aromatic nitrogens is 6. The molecule has 2 aliphatic heterocycles. The van der Waals surface area contributed by atoms with E-state index in [1.807, 2.05) is 84.9 Å². The zero-order valence-electron chi connectivity index (χ0n) is 29.6. The van der Waals surface area contributed by atoms with Crippen LogP contribution in [0.5, 0.6) is 0 Å². The van der Waals surface area contributed by atoms with Gasteiger partial charge in [-0.1, -0.05) is 72.8 Å². The number of hydrogen-bond acceptors (Lipinski definition) is 14. The predicted molar refractivity (Wildman–Crippen MR) is 228 cm³/mol. The molecule has 2 aromatic heterocycles. The van der Waals surface area contributed by atoms with Crippen LogP contribution in [0.2, 0.25) is 0 Å². The summed E-state index contributed by atoms with van der Waals surface area (Å²) in [4.78, 5) is 32.4. The van der Waals surface area contributed by atoms with E-state index in [1.54, 1.807) is 0 Å². The summed E-state index contributed by atoms with van der Waals surface area (Å²) in [5.41, 5.74) is 5.64. The van der Waals surface area contributed by atoms with Gasteiger partial charge in [-0.15, -0.1) is 0 Å². The van der Waals surface area contributed by atoms with Crippen molar-refractivity contribution in [3.63, 3.8) is 0 Å². The Labute approximate surface area is 370 Å². The molecule has 2 fully saturated rings. The average Bonchev–Trinajstić information content (AvgIpc) is 3.22. The molecule has 14 nitrogen and oxygen atoms in total. The van der Waals surface area contributed by atoms with Crippen molar-refractivity contribution >= 4 is 130 Å². The molecular formula is C40H42N12Na2O2.